The van der Waals surface area contributed by atoms with Crippen LogP contribution in [0.25, 0.3) is 0 Å². The van der Waals surface area contributed by atoms with Crippen LogP contribution in [0.2, 0.25) is 0 Å². The molecule has 3 rings (SSSR count). The lowest BCUT2D eigenvalue weighted by Gasteiger charge is -2.55. The monoisotopic (exact) mass is 321 g/mol. The first-order chi connectivity index (χ1) is 9.90. The molecule has 3 unspecified atom stereocenters. The number of hydrogen-bond donors (Lipinski definition) is 1. The highest BCUT2D eigenvalue weighted by atomic mass is 35.5. The first kappa shape index (κ1) is 17.8. The number of halogens is 1. The molecule has 0 heterocycles. The number of nitrogens with two attached hydrogens (primary N) is 1. The number of benzene rings is 1. The maximum atomic E-state index is 6.19. The third-order valence-corrected chi connectivity index (χ3v) is 6.63. The van der Waals surface area contributed by atoms with E-state index in [9.17, 15) is 0 Å². The lowest BCUT2D eigenvalue weighted by Crippen LogP contribution is -2.51. The molecule has 2 aliphatic rings. The van der Waals surface area contributed by atoms with E-state index in [2.05, 4.69) is 45.9 Å². The topological polar surface area (TPSA) is 26.0 Å². The molecule has 2 heteroatoms. The van der Waals surface area contributed by atoms with E-state index in [0.717, 1.165) is 12.5 Å². The standard InChI is InChI=1S/C20H31N.ClH/c1-14(2)15-6-8-17-16(12-15)7-9-18-19(3,13-21)10-5-11-20(17,18)4;/h6,8,12,14,18H,5,7,9-11,13,21H2,1-4H3;1H. The molecule has 3 atom stereocenters. The Bertz CT molecular complexity index is 539. The number of rotatable bonds is 2. The highest BCUT2D eigenvalue weighted by molar-refractivity contribution is 5.85. The molecule has 0 radical (unpaired) electrons. The van der Waals surface area contributed by atoms with Crippen LogP contribution in [0.5, 0.6) is 0 Å². The molecule has 0 aromatic heterocycles. The smallest absolute Gasteiger partial charge is 0.00202 e. The second-order valence-electron chi connectivity index (χ2n) is 8.29. The summed E-state index contributed by atoms with van der Waals surface area (Å²) in [6.07, 6.45) is 6.53. The third kappa shape index (κ3) is 2.61. The largest absolute Gasteiger partial charge is 0.330 e. The van der Waals surface area contributed by atoms with Crippen molar-refractivity contribution in [3.63, 3.8) is 0 Å². The van der Waals surface area contributed by atoms with Gasteiger partial charge in [-0.1, -0.05) is 52.3 Å². The fourth-order valence-corrected chi connectivity index (χ4v) is 5.25. The average Bonchev–Trinajstić information content (AvgIpc) is 2.46. The van der Waals surface area contributed by atoms with Gasteiger partial charge in [-0.15, -0.1) is 12.4 Å². The molecule has 124 valence electrons. The van der Waals surface area contributed by atoms with E-state index in [0.29, 0.717) is 16.7 Å². The molecule has 0 bridgehead atoms. The number of aryl methyl sites for hydroxylation is 1. The minimum atomic E-state index is 0. The van der Waals surface area contributed by atoms with Crippen molar-refractivity contribution in [1.29, 1.82) is 0 Å². The van der Waals surface area contributed by atoms with Gasteiger partial charge in [-0.3, -0.25) is 0 Å². The van der Waals surface area contributed by atoms with E-state index in [1.165, 1.54) is 37.7 Å². The van der Waals surface area contributed by atoms with Crippen molar-refractivity contribution >= 4 is 12.4 Å². The maximum absolute atomic E-state index is 6.19. The Labute approximate surface area is 142 Å². The normalized spacial score (nSPS) is 33.8. The molecule has 2 aliphatic carbocycles. The Morgan fingerprint density at radius 3 is 2.59 bits per heavy atom. The summed E-state index contributed by atoms with van der Waals surface area (Å²) >= 11 is 0. The summed E-state index contributed by atoms with van der Waals surface area (Å²) in [5, 5.41) is 0. The summed E-state index contributed by atoms with van der Waals surface area (Å²) < 4.78 is 0. The Hall–Kier alpha value is -0.530. The minimum absolute atomic E-state index is 0. The van der Waals surface area contributed by atoms with Crippen LogP contribution in [-0.4, -0.2) is 6.54 Å². The van der Waals surface area contributed by atoms with Crippen LogP contribution in [0.4, 0.5) is 0 Å². The average molecular weight is 322 g/mol. The second kappa shape index (κ2) is 6.17. The van der Waals surface area contributed by atoms with Crippen LogP contribution in [0.3, 0.4) is 0 Å². The van der Waals surface area contributed by atoms with Gasteiger partial charge in [-0.2, -0.15) is 0 Å². The van der Waals surface area contributed by atoms with Crippen molar-refractivity contribution in [1.82, 2.24) is 0 Å². The molecule has 1 saturated carbocycles. The molecule has 1 aromatic carbocycles. The van der Waals surface area contributed by atoms with E-state index in [1.54, 1.807) is 11.1 Å². The quantitative estimate of drug-likeness (QED) is 0.796. The first-order valence-electron chi connectivity index (χ1n) is 8.74. The van der Waals surface area contributed by atoms with Gasteiger partial charge in [0.05, 0.1) is 0 Å². The first-order valence-corrected chi connectivity index (χ1v) is 8.74. The summed E-state index contributed by atoms with van der Waals surface area (Å²) in [5.74, 6) is 1.38. The van der Waals surface area contributed by atoms with Crippen molar-refractivity contribution in [2.75, 3.05) is 6.54 Å². The summed E-state index contributed by atoms with van der Waals surface area (Å²) in [6, 6.07) is 7.29. The van der Waals surface area contributed by atoms with Gasteiger partial charge in [-0.05, 0) is 71.6 Å². The molecular formula is C20H32ClN. The van der Waals surface area contributed by atoms with Crippen LogP contribution in [0, 0.1) is 11.3 Å². The van der Waals surface area contributed by atoms with E-state index in [4.69, 9.17) is 5.73 Å². The lowest BCUT2D eigenvalue weighted by atomic mass is 9.50. The van der Waals surface area contributed by atoms with Gasteiger partial charge < -0.3 is 5.73 Å². The maximum Gasteiger partial charge on any atom is -0.00202 e. The zero-order chi connectivity index (χ0) is 15.3. The fourth-order valence-electron chi connectivity index (χ4n) is 5.25. The summed E-state index contributed by atoms with van der Waals surface area (Å²) in [4.78, 5) is 0. The zero-order valence-corrected chi connectivity index (χ0v) is 15.4. The molecule has 22 heavy (non-hydrogen) atoms. The second-order valence-corrected chi connectivity index (χ2v) is 8.29. The van der Waals surface area contributed by atoms with Gasteiger partial charge in [0.15, 0.2) is 0 Å². The zero-order valence-electron chi connectivity index (χ0n) is 14.6. The van der Waals surface area contributed by atoms with E-state index < -0.39 is 0 Å². The Balaban J connectivity index is 0.00000176. The van der Waals surface area contributed by atoms with Crippen LogP contribution in [0.1, 0.15) is 76.0 Å². The van der Waals surface area contributed by atoms with Gasteiger partial charge in [0, 0.05) is 0 Å². The summed E-state index contributed by atoms with van der Waals surface area (Å²) in [5.41, 5.74) is 11.6. The van der Waals surface area contributed by atoms with Crippen LogP contribution in [-0.2, 0) is 11.8 Å². The van der Waals surface area contributed by atoms with E-state index in [1.807, 2.05) is 0 Å². The molecule has 0 spiro atoms. The molecule has 1 fully saturated rings. The van der Waals surface area contributed by atoms with Gasteiger partial charge in [0.1, 0.15) is 0 Å². The molecule has 0 aliphatic heterocycles. The molecule has 2 N–H and O–H groups in total. The number of hydrogen-bond acceptors (Lipinski definition) is 1. The van der Waals surface area contributed by atoms with Crippen molar-refractivity contribution in [3.05, 3.63) is 34.9 Å². The van der Waals surface area contributed by atoms with Crippen LogP contribution in [0.15, 0.2) is 18.2 Å². The Kier molecular flexibility index (Phi) is 5.00. The molecule has 0 amide bonds. The molecular weight excluding hydrogens is 290 g/mol. The lowest BCUT2D eigenvalue weighted by molar-refractivity contribution is 0.0326. The Morgan fingerprint density at radius 2 is 1.95 bits per heavy atom. The van der Waals surface area contributed by atoms with Crippen LogP contribution < -0.4 is 5.73 Å². The van der Waals surface area contributed by atoms with Gasteiger partial charge >= 0.3 is 0 Å². The molecule has 0 saturated heterocycles. The summed E-state index contributed by atoms with van der Waals surface area (Å²) in [7, 11) is 0. The number of fused-ring (bicyclic) bond motifs is 3. The highest BCUT2D eigenvalue weighted by Gasteiger charge is 2.50. The van der Waals surface area contributed by atoms with E-state index >= 15 is 0 Å². The Morgan fingerprint density at radius 1 is 1.23 bits per heavy atom. The minimum Gasteiger partial charge on any atom is -0.330 e. The van der Waals surface area contributed by atoms with Crippen LogP contribution >= 0.6 is 12.4 Å². The molecule has 1 aromatic rings. The highest BCUT2D eigenvalue weighted by Crippen LogP contribution is 2.56. The fraction of sp³-hybridized carbons (Fsp3) is 0.700. The summed E-state index contributed by atoms with van der Waals surface area (Å²) in [6.45, 7) is 10.4. The van der Waals surface area contributed by atoms with Gasteiger partial charge in [-0.25, -0.2) is 0 Å². The van der Waals surface area contributed by atoms with Crippen molar-refractivity contribution in [2.45, 2.75) is 71.1 Å². The van der Waals surface area contributed by atoms with E-state index in [-0.39, 0.29) is 12.4 Å². The van der Waals surface area contributed by atoms with Gasteiger partial charge in [0.25, 0.3) is 0 Å². The van der Waals surface area contributed by atoms with Crippen molar-refractivity contribution < 1.29 is 0 Å². The van der Waals surface area contributed by atoms with Crippen molar-refractivity contribution in [2.24, 2.45) is 17.1 Å². The van der Waals surface area contributed by atoms with Gasteiger partial charge in [0.2, 0.25) is 0 Å². The SMILES string of the molecule is CC(C)c1ccc2c(c1)CCC1C(C)(CN)CCCC21C.Cl. The molecule has 1 nitrogen and oxygen atoms in total. The predicted octanol–water partition coefficient (Wildman–Crippen LogP) is 5.20. The predicted molar refractivity (Wildman–Crippen MR) is 98.0 cm³/mol. The van der Waals surface area contributed by atoms with Crippen molar-refractivity contribution in [3.8, 4) is 0 Å². The third-order valence-electron chi connectivity index (χ3n) is 6.63.